The highest BCUT2D eigenvalue weighted by molar-refractivity contribution is 5.77. The van der Waals surface area contributed by atoms with Crippen molar-refractivity contribution in [3.05, 3.63) is 12.7 Å². The van der Waals surface area contributed by atoms with Crippen LogP contribution < -0.4 is 0 Å². The first-order valence-corrected chi connectivity index (χ1v) is 7.12. The van der Waals surface area contributed by atoms with Gasteiger partial charge in [-0.1, -0.05) is 0 Å². The van der Waals surface area contributed by atoms with Gasteiger partial charge in [-0.3, -0.25) is 9.48 Å². The van der Waals surface area contributed by atoms with Gasteiger partial charge in [0.05, 0.1) is 13.1 Å². The monoisotopic (exact) mass is 293 g/mol. The minimum Gasteiger partial charge on any atom is -0.439 e. The Labute approximate surface area is 122 Å². The van der Waals surface area contributed by atoms with Crippen LogP contribution in [0.1, 0.15) is 19.3 Å². The number of amides is 2. The van der Waals surface area contributed by atoms with E-state index in [0.717, 1.165) is 12.8 Å². The molecule has 8 heteroatoms. The van der Waals surface area contributed by atoms with Crippen molar-refractivity contribution < 1.29 is 14.3 Å². The van der Waals surface area contributed by atoms with E-state index in [1.807, 2.05) is 0 Å². The summed E-state index contributed by atoms with van der Waals surface area (Å²) in [6.45, 7) is 2.41. The molecule has 1 aromatic rings. The van der Waals surface area contributed by atoms with Crippen LogP contribution in [0.2, 0.25) is 0 Å². The maximum absolute atomic E-state index is 12.2. The summed E-state index contributed by atoms with van der Waals surface area (Å²) in [5.41, 5.74) is -0.493. The number of ether oxygens (including phenoxy) is 1. The van der Waals surface area contributed by atoms with Crippen molar-refractivity contribution >= 4 is 12.0 Å². The Balaban J connectivity index is 1.47. The number of likely N-dealkylation sites (N-methyl/N-ethyl adjacent to an activating group) is 1. The number of hydrogen-bond donors (Lipinski definition) is 0. The zero-order valence-electron chi connectivity index (χ0n) is 12.1. The van der Waals surface area contributed by atoms with Gasteiger partial charge in [0.1, 0.15) is 12.7 Å². The van der Waals surface area contributed by atoms with Gasteiger partial charge in [-0.2, -0.15) is 5.10 Å². The molecule has 21 heavy (non-hydrogen) atoms. The fraction of sp³-hybridized carbons (Fsp3) is 0.692. The quantitative estimate of drug-likeness (QED) is 0.787. The van der Waals surface area contributed by atoms with Crippen molar-refractivity contribution in [2.45, 2.75) is 31.4 Å². The smallest absolute Gasteiger partial charge is 0.410 e. The molecule has 1 atom stereocenters. The number of aryl methyl sites for hydroxylation is 1. The molecule has 0 radical (unpaired) electrons. The third-order valence-electron chi connectivity index (χ3n) is 4.05. The number of carbonyl (C=O) groups excluding carboxylic acids is 2. The Kier molecular flexibility index (Phi) is 3.52. The standard InChI is InChI=1S/C13H19N5O3/c1-16-7-13(21-12(16)20)4-6-17(8-13)11(19)3-2-5-18-10-14-9-15-18/h9-10H,2-8H2,1H3. The predicted octanol–water partition coefficient (Wildman–Crippen LogP) is 0.111. The fourth-order valence-corrected chi connectivity index (χ4v) is 2.96. The van der Waals surface area contributed by atoms with Gasteiger partial charge >= 0.3 is 6.09 Å². The molecule has 0 aliphatic carbocycles. The SMILES string of the molecule is CN1CC2(CCN(C(=O)CCCn3cncn3)C2)OC1=O. The molecule has 8 nitrogen and oxygen atoms in total. The second-order valence-corrected chi connectivity index (χ2v) is 5.73. The highest BCUT2D eigenvalue weighted by Gasteiger charge is 2.49. The number of hydrogen-bond acceptors (Lipinski definition) is 5. The first kappa shape index (κ1) is 13.8. The summed E-state index contributed by atoms with van der Waals surface area (Å²) in [5.74, 6) is 0.109. The second kappa shape index (κ2) is 5.34. The average Bonchev–Trinajstić information content (AvgIpc) is 3.13. The van der Waals surface area contributed by atoms with Crippen molar-refractivity contribution in [1.82, 2.24) is 24.6 Å². The third-order valence-corrected chi connectivity index (χ3v) is 4.05. The Morgan fingerprint density at radius 1 is 1.48 bits per heavy atom. The second-order valence-electron chi connectivity index (χ2n) is 5.73. The Morgan fingerprint density at radius 3 is 3.00 bits per heavy atom. The first-order valence-electron chi connectivity index (χ1n) is 7.12. The highest BCUT2D eigenvalue weighted by Crippen LogP contribution is 2.32. The summed E-state index contributed by atoms with van der Waals surface area (Å²) in [6.07, 6.45) is 4.75. The van der Waals surface area contributed by atoms with E-state index >= 15 is 0 Å². The van der Waals surface area contributed by atoms with Crippen LogP contribution in [0.5, 0.6) is 0 Å². The van der Waals surface area contributed by atoms with Crippen LogP contribution in [-0.2, 0) is 16.1 Å². The van der Waals surface area contributed by atoms with Crippen molar-refractivity contribution in [1.29, 1.82) is 0 Å². The van der Waals surface area contributed by atoms with E-state index in [0.29, 0.717) is 32.6 Å². The van der Waals surface area contributed by atoms with Gasteiger partial charge < -0.3 is 14.5 Å². The Hall–Kier alpha value is -2.12. The molecular formula is C13H19N5O3. The topological polar surface area (TPSA) is 80.6 Å². The summed E-state index contributed by atoms with van der Waals surface area (Å²) >= 11 is 0. The summed E-state index contributed by atoms with van der Waals surface area (Å²) in [5, 5.41) is 4.00. The molecule has 2 amide bonds. The van der Waals surface area contributed by atoms with E-state index in [-0.39, 0.29) is 12.0 Å². The van der Waals surface area contributed by atoms with Gasteiger partial charge in [0.25, 0.3) is 0 Å². The van der Waals surface area contributed by atoms with E-state index in [1.165, 1.54) is 6.33 Å². The lowest BCUT2D eigenvalue weighted by Crippen LogP contribution is -2.39. The Morgan fingerprint density at radius 2 is 2.33 bits per heavy atom. The molecule has 1 unspecified atom stereocenters. The molecule has 2 aliphatic rings. The van der Waals surface area contributed by atoms with Crippen LogP contribution in [-0.4, -0.2) is 68.8 Å². The van der Waals surface area contributed by atoms with E-state index in [1.54, 1.807) is 27.9 Å². The maximum Gasteiger partial charge on any atom is 0.410 e. The number of carbonyl (C=O) groups is 2. The van der Waals surface area contributed by atoms with Crippen molar-refractivity contribution in [2.75, 3.05) is 26.7 Å². The molecule has 0 saturated carbocycles. The van der Waals surface area contributed by atoms with Crippen LogP contribution in [0.15, 0.2) is 12.7 Å². The van der Waals surface area contributed by atoms with Crippen LogP contribution >= 0.6 is 0 Å². The lowest BCUT2D eigenvalue weighted by Gasteiger charge is -2.21. The van der Waals surface area contributed by atoms with Crippen LogP contribution in [0.25, 0.3) is 0 Å². The molecule has 0 aromatic carbocycles. The molecule has 3 heterocycles. The average molecular weight is 293 g/mol. The van der Waals surface area contributed by atoms with Gasteiger partial charge in [0.15, 0.2) is 5.60 Å². The van der Waals surface area contributed by atoms with Gasteiger partial charge in [0, 0.05) is 33.0 Å². The largest absolute Gasteiger partial charge is 0.439 e. The molecule has 0 N–H and O–H groups in total. The number of nitrogens with zero attached hydrogens (tertiary/aromatic N) is 5. The van der Waals surface area contributed by atoms with E-state index < -0.39 is 5.60 Å². The molecule has 1 aromatic heterocycles. The molecule has 2 aliphatic heterocycles. The van der Waals surface area contributed by atoms with Gasteiger partial charge in [-0.15, -0.1) is 0 Å². The predicted molar refractivity (Wildman–Crippen MR) is 72.3 cm³/mol. The number of rotatable bonds is 4. The lowest BCUT2D eigenvalue weighted by molar-refractivity contribution is -0.131. The van der Waals surface area contributed by atoms with E-state index in [2.05, 4.69) is 10.1 Å². The Bertz CT molecular complexity index is 532. The summed E-state index contributed by atoms with van der Waals surface area (Å²) in [6, 6.07) is 0. The molecule has 2 saturated heterocycles. The zero-order valence-corrected chi connectivity index (χ0v) is 12.1. The van der Waals surface area contributed by atoms with Gasteiger partial charge in [-0.05, 0) is 6.42 Å². The first-order chi connectivity index (χ1) is 10.1. The van der Waals surface area contributed by atoms with Crippen molar-refractivity contribution in [2.24, 2.45) is 0 Å². The molecule has 0 bridgehead atoms. The summed E-state index contributed by atoms with van der Waals surface area (Å²) < 4.78 is 7.15. The van der Waals surface area contributed by atoms with Crippen LogP contribution in [0.4, 0.5) is 4.79 Å². The van der Waals surface area contributed by atoms with E-state index in [4.69, 9.17) is 4.74 Å². The fourth-order valence-electron chi connectivity index (χ4n) is 2.96. The van der Waals surface area contributed by atoms with Crippen molar-refractivity contribution in [3.63, 3.8) is 0 Å². The molecule has 114 valence electrons. The molecule has 3 rings (SSSR count). The molecule has 1 spiro atoms. The summed E-state index contributed by atoms with van der Waals surface area (Å²) in [4.78, 5) is 30.9. The van der Waals surface area contributed by atoms with E-state index in [9.17, 15) is 9.59 Å². The summed E-state index contributed by atoms with van der Waals surface area (Å²) in [7, 11) is 1.72. The third kappa shape index (κ3) is 2.84. The number of likely N-dealkylation sites (tertiary alicyclic amines) is 1. The van der Waals surface area contributed by atoms with Gasteiger partial charge in [-0.25, -0.2) is 9.78 Å². The molecular weight excluding hydrogens is 274 g/mol. The maximum atomic E-state index is 12.2. The van der Waals surface area contributed by atoms with Crippen LogP contribution in [0, 0.1) is 0 Å². The minimum atomic E-state index is -0.493. The minimum absolute atomic E-state index is 0.109. The molecule has 2 fully saturated rings. The normalized spacial score (nSPS) is 24.9. The highest BCUT2D eigenvalue weighted by atomic mass is 16.6. The number of aromatic nitrogens is 3. The van der Waals surface area contributed by atoms with Gasteiger partial charge in [0.2, 0.25) is 5.91 Å². The zero-order chi connectivity index (χ0) is 14.9. The lowest BCUT2D eigenvalue weighted by atomic mass is 10.0. The van der Waals surface area contributed by atoms with Crippen LogP contribution in [0.3, 0.4) is 0 Å². The van der Waals surface area contributed by atoms with Crippen molar-refractivity contribution in [3.8, 4) is 0 Å².